The first-order valence-corrected chi connectivity index (χ1v) is 17.0. The Kier molecular flexibility index (Phi) is 36.6. The Morgan fingerprint density at radius 3 is 0.650 bits per heavy atom. The van der Waals surface area contributed by atoms with Crippen molar-refractivity contribution in [3.63, 3.8) is 0 Å². The molecule has 6 heteroatoms. The number of hydrogen-bond acceptors (Lipinski definition) is 0. The van der Waals surface area contributed by atoms with Gasteiger partial charge >= 0.3 is 0 Å². The molecule has 0 aliphatic rings. The van der Waals surface area contributed by atoms with Gasteiger partial charge in [-0.15, -0.1) is 0 Å². The van der Waals surface area contributed by atoms with E-state index in [1.165, 1.54) is 181 Å². The van der Waals surface area contributed by atoms with E-state index >= 15 is 0 Å². The number of hydrogen-bond donors (Lipinski definition) is 0. The largest absolute Gasteiger partial charge is 1.00 e. The molecule has 0 radical (unpaired) electrons. The number of unbranched alkanes of at least 4 members (excludes halogenated alkanes) is 18. The van der Waals surface area contributed by atoms with Crippen LogP contribution in [0.25, 0.3) is 0 Å². The van der Waals surface area contributed by atoms with Gasteiger partial charge in [-0.25, -0.2) is 0 Å². The highest BCUT2D eigenvalue weighted by atomic mass is 79.9. The Morgan fingerprint density at radius 2 is 0.425 bits per heavy atom. The maximum Gasteiger partial charge on any atom is 0.128 e. The average Bonchev–Trinajstić information content (AvgIpc) is 2.84. The third kappa shape index (κ3) is 33.8. The molecule has 0 N–H and O–H groups in total. The molecule has 0 atom stereocenters. The molecule has 0 heterocycles. The molecule has 0 amide bonds. The third-order valence-corrected chi connectivity index (χ3v) is 8.86. The van der Waals surface area contributed by atoms with E-state index in [1.54, 1.807) is 0 Å². The molecule has 0 saturated carbocycles. The normalized spacial score (nSPS) is 12.0. The highest BCUT2D eigenvalue weighted by Crippen LogP contribution is 2.14. The molecule has 0 unspecified atom stereocenters. The average molecular weight is 767 g/mol. The first kappa shape index (κ1) is 48.2. The van der Waals surface area contributed by atoms with Crippen LogP contribution < -0.4 is 50.9 Å². The lowest BCUT2D eigenvalue weighted by Crippen LogP contribution is -3.00. The van der Waals surface area contributed by atoms with Gasteiger partial charge in [0.1, 0.15) is 26.2 Å². The molecule has 0 rings (SSSR count). The van der Waals surface area contributed by atoms with E-state index in [1.807, 2.05) is 0 Å². The minimum Gasteiger partial charge on any atom is -1.00 e. The summed E-state index contributed by atoms with van der Waals surface area (Å²) in [5.41, 5.74) is 0. The molecule has 0 bridgehead atoms. The summed E-state index contributed by atoms with van der Waals surface area (Å²) in [4.78, 5) is 0. The van der Waals surface area contributed by atoms with Crippen LogP contribution in [0.15, 0.2) is 0 Å². The molecular weight excluding hydrogens is 690 g/mol. The van der Waals surface area contributed by atoms with E-state index < -0.39 is 0 Å². The van der Waals surface area contributed by atoms with Crippen LogP contribution in [0.3, 0.4) is 0 Å². The van der Waals surface area contributed by atoms with Crippen LogP contribution in [-0.2, 0) is 0 Å². The lowest BCUT2D eigenvalue weighted by molar-refractivity contribution is -0.967. The molecule has 0 fully saturated rings. The van der Waals surface area contributed by atoms with Gasteiger partial charge in [0.25, 0.3) is 0 Å². The minimum absolute atomic E-state index is 0. The van der Waals surface area contributed by atoms with Gasteiger partial charge in [0.15, 0.2) is 0 Å². The molecule has 0 aromatic rings. The first-order valence-electron chi connectivity index (χ1n) is 17.0. The fraction of sp³-hybridized carbons (Fsp3) is 1.00. The second-order valence-corrected chi connectivity index (χ2v) is 14.5. The van der Waals surface area contributed by atoms with Gasteiger partial charge in [-0.05, 0) is 25.7 Å². The van der Waals surface area contributed by atoms with Crippen molar-refractivity contribution in [2.75, 3.05) is 81.6 Å². The van der Waals surface area contributed by atoms with Gasteiger partial charge in [-0.2, -0.15) is 0 Å². The molecule has 0 spiro atoms. The summed E-state index contributed by atoms with van der Waals surface area (Å²) in [7, 11) is 14.7. The van der Waals surface area contributed by atoms with Crippen molar-refractivity contribution in [1.82, 2.24) is 0 Å². The van der Waals surface area contributed by atoms with Crippen molar-refractivity contribution in [2.24, 2.45) is 0 Å². The van der Waals surface area contributed by atoms with Gasteiger partial charge in [0, 0.05) is 0 Å². The summed E-state index contributed by atoms with van der Waals surface area (Å²) >= 11 is 0. The lowest BCUT2D eigenvalue weighted by Gasteiger charge is -2.38. The molecular formula is C34H76Br3N3. The van der Waals surface area contributed by atoms with Crippen LogP contribution in [0.5, 0.6) is 0 Å². The van der Waals surface area contributed by atoms with Gasteiger partial charge in [0.05, 0.1) is 55.4 Å². The topological polar surface area (TPSA) is 0 Å². The quantitative estimate of drug-likeness (QED) is 0.0783. The molecule has 0 aromatic heterocycles. The summed E-state index contributed by atoms with van der Waals surface area (Å²) in [6.45, 7) is 12.5. The van der Waals surface area contributed by atoms with Gasteiger partial charge in [-0.3, -0.25) is 0 Å². The Hall–Kier alpha value is 1.32. The van der Waals surface area contributed by atoms with E-state index in [0.717, 1.165) is 0 Å². The zero-order chi connectivity index (χ0) is 27.9. The van der Waals surface area contributed by atoms with E-state index in [9.17, 15) is 0 Å². The maximum absolute atomic E-state index is 2.46. The number of rotatable bonds is 28. The number of quaternary nitrogens is 3. The number of likely N-dealkylation sites (N-methyl/N-ethyl adjacent to an activating group) is 3. The zero-order valence-electron chi connectivity index (χ0n) is 28.9. The number of nitrogens with zero attached hydrogens (tertiary/aromatic N) is 3. The zero-order valence-corrected chi connectivity index (χ0v) is 33.6. The van der Waals surface area contributed by atoms with E-state index in [2.05, 4.69) is 56.1 Å². The van der Waals surface area contributed by atoms with Crippen LogP contribution in [0, 0.1) is 0 Å². The second-order valence-electron chi connectivity index (χ2n) is 14.5. The minimum atomic E-state index is 0. The van der Waals surface area contributed by atoms with Crippen LogP contribution in [0.4, 0.5) is 0 Å². The Balaban J connectivity index is -0.00000216. The highest BCUT2D eigenvalue weighted by molar-refractivity contribution is 4.50. The molecule has 0 saturated heterocycles. The Labute approximate surface area is 286 Å². The monoisotopic (exact) mass is 763 g/mol. The molecule has 248 valence electrons. The van der Waals surface area contributed by atoms with E-state index in [-0.39, 0.29) is 50.9 Å². The van der Waals surface area contributed by atoms with Crippen molar-refractivity contribution >= 4 is 0 Å². The van der Waals surface area contributed by atoms with Crippen LogP contribution in [0.2, 0.25) is 0 Å². The standard InChI is InChI=1S/C34H76N3.3BrH/c1-9-11-13-15-17-19-21-23-25-27-29-35(3,4)31-33-37(7,8)34-32-36(5,6)30-28-26-24-22-20-18-16-14-12-10-2;;;/h9-34H2,1-8H3;3*1H/q+3;;;/p-3. The molecule has 3 nitrogen and oxygen atoms in total. The number of halogens is 3. The van der Waals surface area contributed by atoms with Crippen LogP contribution >= 0.6 is 0 Å². The molecule has 0 aliphatic heterocycles. The van der Waals surface area contributed by atoms with E-state index in [0.29, 0.717) is 0 Å². The first-order chi connectivity index (χ1) is 17.5. The summed E-state index contributed by atoms with van der Waals surface area (Å²) in [5, 5.41) is 0. The molecule has 0 aliphatic carbocycles. The molecule has 40 heavy (non-hydrogen) atoms. The SMILES string of the molecule is CCCCCCCCCCCC[N+](C)(C)CC[N+](C)(C)CC[N+](C)(C)CCCCCCCCCCCC.[Br-].[Br-].[Br-]. The van der Waals surface area contributed by atoms with Crippen molar-refractivity contribution in [3.8, 4) is 0 Å². The van der Waals surface area contributed by atoms with Gasteiger partial charge in [0.2, 0.25) is 0 Å². The lowest BCUT2D eigenvalue weighted by atomic mass is 10.1. The summed E-state index contributed by atoms with van der Waals surface area (Å²) in [6.07, 6.45) is 28.7. The smallest absolute Gasteiger partial charge is 0.128 e. The van der Waals surface area contributed by atoms with Gasteiger partial charge < -0.3 is 64.4 Å². The summed E-state index contributed by atoms with van der Waals surface area (Å²) in [6, 6.07) is 0. The van der Waals surface area contributed by atoms with Crippen molar-refractivity contribution in [1.29, 1.82) is 0 Å². The fourth-order valence-electron chi connectivity index (χ4n) is 5.47. The van der Waals surface area contributed by atoms with Crippen molar-refractivity contribution in [2.45, 2.75) is 142 Å². The third-order valence-electron chi connectivity index (χ3n) is 8.86. The summed E-state index contributed by atoms with van der Waals surface area (Å²) in [5.74, 6) is 0. The van der Waals surface area contributed by atoms with Crippen molar-refractivity contribution < 1.29 is 64.4 Å². The second kappa shape index (κ2) is 30.4. The Morgan fingerprint density at radius 1 is 0.250 bits per heavy atom. The predicted octanol–water partition coefficient (Wildman–Crippen LogP) is 0.0694. The van der Waals surface area contributed by atoms with Crippen molar-refractivity contribution in [3.05, 3.63) is 0 Å². The maximum atomic E-state index is 2.46. The highest BCUT2D eigenvalue weighted by Gasteiger charge is 2.26. The predicted molar refractivity (Wildman–Crippen MR) is 169 cm³/mol. The Bertz CT molecular complexity index is 457. The van der Waals surface area contributed by atoms with Crippen LogP contribution in [0.1, 0.15) is 142 Å². The van der Waals surface area contributed by atoms with E-state index in [4.69, 9.17) is 0 Å². The van der Waals surface area contributed by atoms with Gasteiger partial charge in [-0.1, -0.05) is 117 Å². The van der Waals surface area contributed by atoms with Crippen LogP contribution in [-0.4, -0.2) is 95.0 Å². The summed E-state index contributed by atoms with van der Waals surface area (Å²) < 4.78 is 3.55. The fourth-order valence-corrected chi connectivity index (χ4v) is 5.47. The molecule has 0 aromatic carbocycles.